The van der Waals surface area contributed by atoms with Crippen molar-refractivity contribution in [2.45, 2.75) is 13.3 Å². The van der Waals surface area contributed by atoms with E-state index >= 15 is 0 Å². The number of anilines is 1. The number of ether oxygens (including phenoxy) is 1. The predicted molar refractivity (Wildman–Crippen MR) is 64.6 cm³/mol. The molecular weight excluding hydrogens is 250 g/mol. The molecule has 0 unspecified atom stereocenters. The van der Waals surface area contributed by atoms with Gasteiger partial charge in [-0.05, 0) is 19.1 Å². The molecule has 0 amide bonds. The van der Waals surface area contributed by atoms with Crippen LogP contribution in [0.3, 0.4) is 0 Å². The Bertz CT molecular complexity index is 552. The van der Waals surface area contributed by atoms with Crippen molar-refractivity contribution < 1.29 is 14.1 Å². The van der Waals surface area contributed by atoms with Gasteiger partial charge in [-0.15, -0.1) is 10.2 Å². The van der Waals surface area contributed by atoms with E-state index in [2.05, 4.69) is 30.4 Å². The number of aryl methyl sites for hydroxylation is 1. The number of esters is 1. The highest BCUT2D eigenvalue weighted by molar-refractivity contribution is 5.86. The normalized spacial score (nSPS) is 10.2. The minimum absolute atomic E-state index is 0.167. The number of nitrogens with one attached hydrogen (secondary N) is 1. The van der Waals surface area contributed by atoms with Gasteiger partial charge in [-0.25, -0.2) is 4.79 Å². The molecule has 0 radical (unpaired) electrons. The molecule has 2 aromatic heterocycles. The summed E-state index contributed by atoms with van der Waals surface area (Å²) >= 11 is 0. The Morgan fingerprint density at radius 1 is 1.42 bits per heavy atom. The monoisotopic (exact) mass is 263 g/mol. The van der Waals surface area contributed by atoms with Crippen LogP contribution >= 0.6 is 0 Å². The van der Waals surface area contributed by atoms with Crippen molar-refractivity contribution >= 4 is 11.8 Å². The van der Waals surface area contributed by atoms with E-state index in [0.29, 0.717) is 30.5 Å². The molecule has 0 aliphatic heterocycles. The first-order valence-corrected chi connectivity index (χ1v) is 5.64. The Balaban J connectivity index is 1.84. The number of aromatic nitrogens is 4. The lowest BCUT2D eigenvalue weighted by atomic mass is 10.3. The molecule has 0 fully saturated rings. The van der Waals surface area contributed by atoms with Gasteiger partial charge < -0.3 is 14.6 Å². The Kier molecular flexibility index (Phi) is 4.01. The van der Waals surface area contributed by atoms with Crippen molar-refractivity contribution in [1.29, 1.82) is 0 Å². The molecule has 2 heterocycles. The summed E-state index contributed by atoms with van der Waals surface area (Å²) in [5, 5.41) is 14.3. The molecule has 2 aromatic rings. The second kappa shape index (κ2) is 5.89. The van der Waals surface area contributed by atoms with E-state index in [1.54, 1.807) is 13.0 Å². The van der Waals surface area contributed by atoms with Crippen LogP contribution in [0.25, 0.3) is 0 Å². The Morgan fingerprint density at radius 3 is 2.84 bits per heavy atom. The quantitative estimate of drug-likeness (QED) is 0.782. The summed E-state index contributed by atoms with van der Waals surface area (Å²) in [7, 11) is 1.29. The van der Waals surface area contributed by atoms with Gasteiger partial charge in [0.1, 0.15) is 5.82 Å². The molecule has 19 heavy (non-hydrogen) atoms. The average molecular weight is 263 g/mol. The molecular formula is C11H13N5O3. The lowest BCUT2D eigenvalue weighted by molar-refractivity contribution is 0.0593. The summed E-state index contributed by atoms with van der Waals surface area (Å²) in [5.74, 6) is 1.21. The number of carbonyl (C=O) groups excluding carboxylic acids is 1. The van der Waals surface area contributed by atoms with E-state index < -0.39 is 5.97 Å². The van der Waals surface area contributed by atoms with Gasteiger partial charge in [0.15, 0.2) is 11.5 Å². The molecule has 8 nitrogen and oxygen atoms in total. The standard InChI is InChI=1S/C11H13N5O3/c1-7-13-10(19-16-7)5-6-12-9-4-3-8(14-15-9)11(17)18-2/h3-4H,5-6H2,1-2H3,(H,12,15). The molecule has 0 aromatic carbocycles. The average Bonchev–Trinajstić information content (AvgIpc) is 2.84. The molecule has 8 heteroatoms. The third kappa shape index (κ3) is 3.47. The fourth-order valence-electron chi connectivity index (χ4n) is 1.38. The highest BCUT2D eigenvalue weighted by Crippen LogP contribution is 2.04. The smallest absolute Gasteiger partial charge is 0.358 e. The highest BCUT2D eigenvalue weighted by atomic mass is 16.5. The zero-order valence-corrected chi connectivity index (χ0v) is 10.6. The molecule has 0 atom stereocenters. The van der Waals surface area contributed by atoms with E-state index in [0.717, 1.165) is 0 Å². The first-order valence-electron chi connectivity index (χ1n) is 5.64. The van der Waals surface area contributed by atoms with Crippen molar-refractivity contribution in [1.82, 2.24) is 20.3 Å². The molecule has 0 saturated heterocycles. The number of hydrogen-bond donors (Lipinski definition) is 1. The number of methoxy groups -OCH3 is 1. The maximum atomic E-state index is 11.2. The lowest BCUT2D eigenvalue weighted by Crippen LogP contribution is -2.10. The van der Waals surface area contributed by atoms with Gasteiger partial charge >= 0.3 is 5.97 Å². The summed E-state index contributed by atoms with van der Waals surface area (Å²) in [4.78, 5) is 15.2. The number of hydrogen-bond acceptors (Lipinski definition) is 8. The minimum Gasteiger partial charge on any atom is -0.464 e. The van der Waals surface area contributed by atoms with Crippen LogP contribution in [0.5, 0.6) is 0 Å². The Labute approximate surface area is 109 Å². The Hall–Kier alpha value is -2.51. The number of carbonyl (C=O) groups is 1. The van der Waals surface area contributed by atoms with Crippen molar-refractivity contribution in [3.8, 4) is 0 Å². The molecule has 0 bridgehead atoms. The summed E-state index contributed by atoms with van der Waals surface area (Å²) in [5.41, 5.74) is 0.167. The molecule has 1 N–H and O–H groups in total. The minimum atomic E-state index is -0.514. The number of nitrogens with zero attached hydrogens (tertiary/aromatic N) is 4. The molecule has 0 saturated carbocycles. The van der Waals surface area contributed by atoms with Crippen LogP contribution in [0.1, 0.15) is 22.2 Å². The first kappa shape index (κ1) is 12.9. The van der Waals surface area contributed by atoms with E-state index in [9.17, 15) is 4.79 Å². The van der Waals surface area contributed by atoms with E-state index in [1.807, 2.05) is 0 Å². The SMILES string of the molecule is COC(=O)c1ccc(NCCc2nc(C)no2)nn1. The van der Waals surface area contributed by atoms with Gasteiger partial charge in [0.05, 0.1) is 7.11 Å². The molecule has 0 aliphatic carbocycles. The van der Waals surface area contributed by atoms with Crippen LogP contribution in [0.2, 0.25) is 0 Å². The summed E-state index contributed by atoms with van der Waals surface area (Å²) in [6.45, 7) is 2.34. The lowest BCUT2D eigenvalue weighted by Gasteiger charge is -2.03. The van der Waals surface area contributed by atoms with Crippen LogP contribution in [-0.4, -0.2) is 40.0 Å². The first-order chi connectivity index (χ1) is 9.19. The molecule has 2 rings (SSSR count). The number of rotatable bonds is 5. The highest BCUT2D eigenvalue weighted by Gasteiger charge is 2.07. The maximum absolute atomic E-state index is 11.2. The van der Waals surface area contributed by atoms with E-state index in [1.165, 1.54) is 13.2 Å². The summed E-state index contributed by atoms with van der Waals surface area (Å²) in [6.07, 6.45) is 0.585. The second-order valence-corrected chi connectivity index (χ2v) is 3.71. The van der Waals surface area contributed by atoms with E-state index in [-0.39, 0.29) is 5.69 Å². The van der Waals surface area contributed by atoms with Gasteiger partial charge in [0.25, 0.3) is 0 Å². The van der Waals surface area contributed by atoms with Crippen LogP contribution in [-0.2, 0) is 11.2 Å². The topological polar surface area (TPSA) is 103 Å². The molecule has 0 spiro atoms. The van der Waals surface area contributed by atoms with Gasteiger partial charge in [0, 0.05) is 13.0 Å². The van der Waals surface area contributed by atoms with Gasteiger partial charge in [-0.3, -0.25) is 0 Å². The zero-order valence-electron chi connectivity index (χ0n) is 10.6. The van der Waals surface area contributed by atoms with Crippen LogP contribution in [0.15, 0.2) is 16.7 Å². The third-order valence-electron chi connectivity index (χ3n) is 2.27. The van der Waals surface area contributed by atoms with Crippen LogP contribution < -0.4 is 5.32 Å². The Morgan fingerprint density at radius 2 is 2.26 bits per heavy atom. The van der Waals surface area contributed by atoms with Crippen molar-refractivity contribution in [3.05, 3.63) is 29.5 Å². The predicted octanol–water partition coefficient (Wildman–Crippen LogP) is 0.609. The van der Waals surface area contributed by atoms with Crippen LogP contribution in [0, 0.1) is 6.92 Å². The third-order valence-corrected chi connectivity index (χ3v) is 2.27. The van der Waals surface area contributed by atoms with Gasteiger partial charge in [-0.2, -0.15) is 4.98 Å². The van der Waals surface area contributed by atoms with E-state index in [4.69, 9.17) is 4.52 Å². The van der Waals surface area contributed by atoms with Gasteiger partial charge in [0.2, 0.25) is 5.89 Å². The fourth-order valence-corrected chi connectivity index (χ4v) is 1.38. The maximum Gasteiger partial charge on any atom is 0.358 e. The van der Waals surface area contributed by atoms with Crippen molar-refractivity contribution in [2.24, 2.45) is 0 Å². The van der Waals surface area contributed by atoms with Crippen molar-refractivity contribution in [3.63, 3.8) is 0 Å². The second-order valence-electron chi connectivity index (χ2n) is 3.71. The molecule has 0 aliphatic rings. The zero-order chi connectivity index (χ0) is 13.7. The molecule has 100 valence electrons. The largest absolute Gasteiger partial charge is 0.464 e. The fraction of sp³-hybridized carbons (Fsp3) is 0.364. The van der Waals surface area contributed by atoms with Gasteiger partial charge in [-0.1, -0.05) is 5.16 Å². The summed E-state index contributed by atoms with van der Waals surface area (Å²) < 4.78 is 9.50. The van der Waals surface area contributed by atoms with Crippen LogP contribution in [0.4, 0.5) is 5.82 Å². The summed E-state index contributed by atoms with van der Waals surface area (Å²) in [6, 6.07) is 3.19. The van der Waals surface area contributed by atoms with Crippen molar-refractivity contribution in [2.75, 3.05) is 19.0 Å².